The molecule has 4 heteroatoms. The Morgan fingerprint density at radius 1 is 1.05 bits per heavy atom. The van der Waals surface area contributed by atoms with E-state index in [1.165, 1.54) is 0 Å². The van der Waals surface area contributed by atoms with Crippen LogP contribution in [-0.2, 0) is 4.79 Å². The maximum atomic E-state index is 12.1. The zero-order chi connectivity index (χ0) is 14.7. The molecule has 1 amide bonds. The Hall–Kier alpha value is -1.35. The topological polar surface area (TPSA) is 37.4 Å². The fourth-order valence-corrected chi connectivity index (χ4v) is 2.79. The number of hydrogen-bond acceptors (Lipinski definition) is 2. The summed E-state index contributed by atoms with van der Waals surface area (Å²) in [7, 11) is 0. The molecule has 20 heavy (non-hydrogen) atoms. The molecule has 0 aliphatic carbocycles. The number of fused-ring (bicyclic) bond motifs is 1. The number of rotatable bonds is 6. The average molecular weight is 294 g/mol. The van der Waals surface area contributed by atoms with Gasteiger partial charge in [-0.3, -0.25) is 9.59 Å². The highest BCUT2D eigenvalue weighted by Gasteiger charge is 2.36. The van der Waals surface area contributed by atoms with E-state index in [0.717, 1.165) is 42.5 Å². The van der Waals surface area contributed by atoms with Gasteiger partial charge in [-0.25, -0.2) is 0 Å². The van der Waals surface area contributed by atoms with Gasteiger partial charge in [-0.05, 0) is 43.9 Å². The Labute approximate surface area is 124 Å². The third-order valence-corrected chi connectivity index (χ3v) is 4.19. The summed E-state index contributed by atoms with van der Waals surface area (Å²) in [6.45, 7) is 4.59. The minimum absolute atomic E-state index is 0.371. The maximum absolute atomic E-state index is 12.1. The number of amides is 1. The SMILES string of the molecule is Cc1ccc2c(c1C)N(CCCCCCCl)C(=O)C2=O. The second kappa shape index (κ2) is 6.40. The predicted molar refractivity (Wildman–Crippen MR) is 81.8 cm³/mol. The van der Waals surface area contributed by atoms with Crippen molar-refractivity contribution >= 4 is 29.0 Å². The summed E-state index contributed by atoms with van der Waals surface area (Å²) in [5.74, 6) is -0.0719. The van der Waals surface area contributed by atoms with Gasteiger partial charge >= 0.3 is 0 Å². The van der Waals surface area contributed by atoms with Crippen molar-refractivity contribution < 1.29 is 9.59 Å². The quantitative estimate of drug-likeness (QED) is 0.456. The van der Waals surface area contributed by atoms with Crippen LogP contribution < -0.4 is 4.90 Å². The first-order valence-corrected chi connectivity index (χ1v) is 7.63. The third-order valence-electron chi connectivity index (χ3n) is 3.92. The number of carbonyl (C=O) groups excluding carboxylic acids is 2. The van der Waals surface area contributed by atoms with Gasteiger partial charge in [-0.2, -0.15) is 0 Å². The molecule has 0 fully saturated rings. The van der Waals surface area contributed by atoms with Gasteiger partial charge in [-0.1, -0.05) is 18.9 Å². The first-order chi connectivity index (χ1) is 9.57. The van der Waals surface area contributed by atoms with Crippen LogP contribution in [0.4, 0.5) is 5.69 Å². The Bertz CT molecular complexity index is 540. The Morgan fingerprint density at radius 2 is 1.75 bits per heavy atom. The smallest absolute Gasteiger partial charge is 0.299 e. The van der Waals surface area contributed by atoms with Gasteiger partial charge in [0.1, 0.15) is 0 Å². The highest BCUT2D eigenvalue weighted by molar-refractivity contribution is 6.52. The normalized spacial score (nSPS) is 14.1. The Morgan fingerprint density at radius 3 is 2.45 bits per heavy atom. The van der Waals surface area contributed by atoms with Crippen LogP contribution in [0, 0.1) is 13.8 Å². The van der Waals surface area contributed by atoms with Crippen molar-refractivity contribution in [2.24, 2.45) is 0 Å². The fourth-order valence-electron chi connectivity index (χ4n) is 2.60. The van der Waals surface area contributed by atoms with E-state index >= 15 is 0 Å². The Balaban J connectivity index is 2.13. The monoisotopic (exact) mass is 293 g/mol. The molecule has 1 heterocycles. The lowest BCUT2D eigenvalue weighted by atomic mass is 10.0. The number of nitrogens with zero attached hydrogens (tertiary/aromatic N) is 1. The Kier molecular flexibility index (Phi) is 4.81. The molecule has 0 unspecified atom stereocenters. The highest BCUT2D eigenvalue weighted by atomic mass is 35.5. The van der Waals surface area contributed by atoms with E-state index in [0.29, 0.717) is 18.0 Å². The van der Waals surface area contributed by atoms with Gasteiger partial charge < -0.3 is 4.90 Å². The summed E-state index contributed by atoms with van der Waals surface area (Å²) in [5, 5.41) is 0. The van der Waals surface area contributed by atoms with Crippen LogP contribution in [0.2, 0.25) is 0 Å². The number of anilines is 1. The number of halogens is 1. The van der Waals surface area contributed by atoms with Crippen LogP contribution in [0.1, 0.15) is 47.2 Å². The summed E-state index contributed by atoms with van der Waals surface area (Å²) >= 11 is 5.65. The van der Waals surface area contributed by atoms with Crippen molar-refractivity contribution in [3.63, 3.8) is 0 Å². The number of carbonyl (C=O) groups is 2. The molecule has 3 nitrogen and oxygen atoms in total. The molecule has 0 atom stereocenters. The van der Waals surface area contributed by atoms with Crippen molar-refractivity contribution in [1.29, 1.82) is 0 Å². The molecular weight excluding hydrogens is 274 g/mol. The van der Waals surface area contributed by atoms with Gasteiger partial charge in [0, 0.05) is 12.4 Å². The van der Waals surface area contributed by atoms with Crippen molar-refractivity contribution in [2.45, 2.75) is 39.5 Å². The van der Waals surface area contributed by atoms with Crippen LogP contribution in [0.15, 0.2) is 12.1 Å². The minimum atomic E-state index is -0.383. The number of unbranched alkanes of at least 4 members (excludes halogenated alkanes) is 3. The maximum Gasteiger partial charge on any atom is 0.299 e. The second-order valence-corrected chi connectivity index (χ2v) is 5.67. The number of hydrogen-bond donors (Lipinski definition) is 0. The summed E-state index contributed by atoms with van der Waals surface area (Å²) in [6.07, 6.45) is 4.01. The van der Waals surface area contributed by atoms with E-state index in [-0.39, 0.29) is 11.7 Å². The molecule has 0 N–H and O–H groups in total. The molecule has 0 saturated carbocycles. The van der Waals surface area contributed by atoms with Gasteiger partial charge in [0.05, 0.1) is 11.3 Å². The van der Waals surface area contributed by atoms with E-state index < -0.39 is 0 Å². The predicted octanol–water partition coefficient (Wildman–Crippen LogP) is 3.63. The molecular formula is C16H20ClNO2. The van der Waals surface area contributed by atoms with E-state index in [1.54, 1.807) is 11.0 Å². The zero-order valence-electron chi connectivity index (χ0n) is 12.0. The van der Waals surface area contributed by atoms with Gasteiger partial charge in [0.15, 0.2) is 0 Å². The molecule has 0 spiro atoms. The molecule has 2 rings (SSSR count). The minimum Gasteiger partial charge on any atom is -0.304 e. The first kappa shape index (κ1) is 15.0. The molecule has 1 aliphatic heterocycles. The fraction of sp³-hybridized carbons (Fsp3) is 0.500. The van der Waals surface area contributed by atoms with Crippen LogP contribution in [0.5, 0.6) is 0 Å². The average Bonchev–Trinajstić information content (AvgIpc) is 2.68. The van der Waals surface area contributed by atoms with Crippen molar-refractivity contribution in [2.75, 3.05) is 17.3 Å². The van der Waals surface area contributed by atoms with Crippen LogP contribution in [0.3, 0.4) is 0 Å². The van der Waals surface area contributed by atoms with E-state index in [4.69, 9.17) is 11.6 Å². The number of Topliss-reactive ketones (excluding diaryl/α,β-unsaturated/α-hetero) is 1. The van der Waals surface area contributed by atoms with Gasteiger partial charge in [-0.15, -0.1) is 11.6 Å². The molecule has 0 radical (unpaired) electrons. The third kappa shape index (κ3) is 2.73. The molecule has 108 valence electrons. The summed E-state index contributed by atoms with van der Waals surface area (Å²) in [4.78, 5) is 25.8. The largest absolute Gasteiger partial charge is 0.304 e. The zero-order valence-corrected chi connectivity index (χ0v) is 12.8. The molecule has 0 saturated heterocycles. The molecule has 1 aromatic rings. The van der Waals surface area contributed by atoms with Gasteiger partial charge in [0.2, 0.25) is 0 Å². The number of aryl methyl sites for hydroxylation is 1. The van der Waals surface area contributed by atoms with Crippen molar-refractivity contribution in [3.05, 3.63) is 28.8 Å². The van der Waals surface area contributed by atoms with Crippen LogP contribution in [0.25, 0.3) is 0 Å². The lowest BCUT2D eigenvalue weighted by molar-refractivity contribution is -0.114. The number of alkyl halides is 1. The van der Waals surface area contributed by atoms with Crippen molar-refractivity contribution in [3.8, 4) is 0 Å². The second-order valence-electron chi connectivity index (χ2n) is 5.29. The van der Waals surface area contributed by atoms with Crippen LogP contribution >= 0.6 is 11.6 Å². The lowest BCUT2D eigenvalue weighted by Gasteiger charge is -2.19. The molecule has 0 aromatic heterocycles. The van der Waals surface area contributed by atoms with E-state index in [1.807, 2.05) is 19.9 Å². The summed E-state index contributed by atoms with van der Waals surface area (Å²) in [6, 6.07) is 3.68. The first-order valence-electron chi connectivity index (χ1n) is 7.10. The molecule has 1 aromatic carbocycles. The summed E-state index contributed by atoms with van der Waals surface area (Å²) < 4.78 is 0. The van der Waals surface area contributed by atoms with Crippen molar-refractivity contribution in [1.82, 2.24) is 0 Å². The molecule has 1 aliphatic rings. The van der Waals surface area contributed by atoms with E-state index in [9.17, 15) is 9.59 Å². The lowest BCUT2D eigenvalue weighted by Crippen LogP contribution is -2.31. The summed E-state index contributed by atoms with van der Waals surface area (Å²) in [5.41, 5.74) is 3.51. The highest BCUT2D eigenvalue weighted by Crippen LogP contribution is 2.34. The standard InChI is InChI=1S/C16H20ClNO2/c1-11-7-8-13-14(12(11)2)18(16(20)15(13)19)10-6-4-3-5-9-17/h7-8H,3-6,9-10H2,1-2H3. The number of ketones is 1. The van der Waals surface area contributed by atoms with Gasteiger partial charge in [0.25, 0.3) is 11.7 Å². The molecule has 0 bridgehead atoms. The van der Waals surface area contributed by atoms with Crippen LogP contribution in [-0.4, -0.2) is 24.1 Å². The van der Waals surface area contributed by atoms with E-state index in [2.05, 4.69) is 0 Å². The number of benzene rings is 1.